The molecule has 2 aromatic rings. The number of halogens is 2. The van der Waals surface area contributed by atoms with Gasteiger partial charge in [0, 0.05) is 5.56 Å². The third-order valence-electron chi connectivity index (χ3n) is 2.86. The molecule has 2 rings (SSSR count). The van der Waals surface area contributed by atoms with Crippen LogP contribution < -0.4 is 4.72 Å². The molecule has 8 heteroatoms. The molecule has 0 heterocycles. The Morgan fingerprint density at radius 1 is 1.18 bits per heavy atom. The molecule has 0 amide bonds. The monoisotopic (exact) mass is 324 g/mol. The number of nitrogens with zero attached hydrogens (tertiary/aromatic N) is 1. The highest BCUT2D eigenvalue weighted by Crippen LogP contribution is 2.25. The zero-order valence-corrected chi connectivity index (χ0v) is 11.9. The Kier molecular flexibility index (Phi) is 4.40. The van der Waals surface area contributed by atoms with Crippen molar-refractivity contribution in [3.63, 3.8) is 0 Å². The van der Waals surface area contributed by atoms with Crippen LogP contribution in [-0.2, 0) is 16.6 Å². The summed E-state index contributed by atoms with van der Waals surface area (Å²) in [5, 5.41) is 17.8. The number of hydrogen-bond acceptors (Lipinski definition) is 4. The minimum Gasteiger partial charge on any atom is -0.392 e. The highest BCUT2D eigenvalue weighted by Gasteiger charge is 2.22. The second-order valence-electron chi connectivity index (χ2n) is 4.29. The molecule has 22 heavy (non-hydrogen) atoms. The fourth-order valence-corrected chi connectivity index (χ4v) is 2.96. The predicted molar refractivity (Wildman–Crippen MR) is 74.2 cm³/mol. The summed E-state index contributed by atoms with van der Waals surface area (Å²) in [5.74, 6) is -2.03. The average Bonchev–Trinajstić information content (AvgIpc) is 2.48. The second kappa shape index (κ2) is 6.09. The van der Waals surface area contributed by atoms with Gasteiger partial charge in [0.2, 0.25) is 0 Å². The van der Waals surface area contributed by atoms with E-state index < -0.39 is 38.8 Å². The quantitative estimate of drug-likeness (QED) is 0.901. The molecule has 0 saturated heterocycles. The van der Waals surface area contributed by atoms with Gasteiger partial charge in [0.05, 0.1) is 23.9 Å². The Bertz CT molecular complexity index is 861. The largest absolute Gasteiger partial charge is 0.392 e. The Morgan fingerprint density at radius 3 is 2.50 bits per heavy atom. The molecule has 0 saturated carbocycles. The normalized spacial score (nSPS) is 11.0. The zero-order valence-electron chi connectivity index (χ0n) is 11.0. The number of aliphatic hydroxyl groups is 1. The lowest BCUT2D eigenvalue weighted by atomic mass is 10.2. The fraction of sp³-hybridized carbons (Fsp3) is 0.0714. The summed E-state index contributed by atoms with van der Waals surface area (Å²) < 4.78 is 53.8. The van der Waals surface area contributed by atoms with E-state index in [4.69, 9.17) is 10.4 Å². The SMILES string of the molecule is N#Cc1ccc(S(=O)(=O)Nc2c(F)cccc2CO)c(F)c1. The standard InChI is InChI=1S/C14H10F2N2O3S/c15-11-3-1-2-10(8-19)14(11)18-22(20,21)13-5-4-9(7-17)6-12(13)16/h1-6,18-19H,8H2. The van der Waals surface area contributed by atoms with Gasteiger partial charge in [0.1, 0.15) is 16.5 Å². The number of aliphatic hydroxyl groups excluding tert-OH is 1. The van der Waals surface area contributed by atoms with Crippen LogP contribution in [0.4, 0.5) is 14.5 Å². The first-order valence-corrected chi connectivity index (χ1v) is 7.48. The molecule has 0 spiro atoms. The molecule has 2 aromatic carbocycles. The molecule has 0 aliphatic heterocycles. The summed E-state index contributed by atoms with van der Waals surface area (Å²) >= 11 is 0. The van der Waals surface area contributed by atoms with Gasteiger partial charge in [-0.2, -0.15) is 5.26 Å². The van der Waals surface area contributed by atoms with Crippen molar-refractivity contribution in [1.29, 1.82) is 5.26 Å². The lowest BCUT2D eigenvalue weighted by Gasteiger charge is -2.12. The van der Waals surface area contributed by atoms with Crippen molar-refractivity contribution in [2.24, 2.45) is 0 Å². The molecule has 2 N–H and O–H groups in total. The van der Waals surface area contributed by atoms with Crippen molar-refractivity contribution in [3.8, 4) is 6.07 Å². The number of sulfonamides is 1. The summed E-state index contributed by atoms with van der Waals surface area (Å²) in [6, 6.07) is 8.13. The third kappa shape index (κ3) is 3.05. The Morgan fingerprint density at radius 2 is 1.91 bits per heavy atom. The number of benzene rings is 2. The molecule has 0 unspecified atom stereocenters. The highest BCUT2D eigenvalue weighted by atomic mass is 32.2. The van der Waals surface area contributed by atoms with Crippen LogP contribution in [0, 0.1) is 23.0 Å². The maximum atomic E-state index is 13.8. The topological polar surface area (TPSA) is 90.2 Å². The molecule has 0 radical (unpaired) electrons. The first-order chi connectivity index (χ1) is 10.4. The molecule has 0 fully saturated rings. The fourth-order valence-electron chi connectivity index (χ4n) is 1.79. The molecule has 5 nitrogen and oxygen atoms in total. The summed E-state index contributed by atoms with van der Waals surface area (Å²) in [7, 11) is -4.41. The van der Waals surface area contributed by atoms with E-state index in [1.54, 1.807) is 6.07 Å². The number of para-hydroxylation sites is 1. The van der Waals surface area contributed by atoms with Gasteiger partial charge in [-0.15, -0.1) is 0 Å². The lowest BCUT2D eigenvalue weighted by Crippen LogP contribution is -2.17. The van der Waals surface area contributed by atoms with Crippen molar-refractivity contribution >= 4 is 15.7 Å². The number of nitriles is 1. The van der Waals surface area contributed by atoms with Crippen LogP contribution in [-0.4, -0.2) is 13.5 Å². The summed E-state index contributed by atoms with van der Waals surface area (Å²) in [4.78, 5) is -0.723. The zero-order chi connectivity index (χ0) is 16.3. The van der Waals surface area contributed by atoms with Gasteiger partial charge in [0.25, 0.3) is 10.0 Å². The Hall–Kier alpha value is -2.50. The van der Waals surface area contributed by atoms with Crippen LogP contribution >= 0.6 is 0 Å². The van der Waals surface area contributed by atoms with Crippen LogP contribution in [0.1, 0.15) is 11.1 Å². The maximum absolute atomic E-state index is 13.8. The number of nitrogens with one attached hydrogen (secondary N) is 1. The van der Waals surface area contributed by atoms with E-state index in [-0.39, 0.29) is 11.1 Å². The van der Waals surface area contributed by atoms with Gasteiger partial charge in [-0.1, -0.05) is 12.1 Å². The third-order valence-corrected chi connectivity index (χ3v) is 4.24. The summed E-state index contributed by atoms with van der Waals surface area (Å²) in [6.07, 6.45) is 0. The van der Waals surface area contributed by atoms with Gasteiger partial charge in [-0.25, -0.2) is 17.2 Å². The van der Waals surface area contributed by atoms with Crippen molar-refractivity contribution in [2.75, 3.05) is 4.72 Å². The number of rotatable bonds is 4. The van der Waals surface area contributed by atoms with E-state index in [9.17, 15) is 17.2 Å². The van der Waals surface area contributed by atoms with E-state index in [0.717, 1.165) is 24.3 Å². The van der Waals surface area contributed by atoms with E-state index in [1.807, 2.05) is 4.72 Å². The average molecular weight is 324 g/mol. The van der Waals surface area contributed by atoms with Crippen molar-refractivity contribution in [2.45, 2.75) is 11.5 Å². The van der Waals surface area contributed by atoms with Crippen LogP contribution in [0.5, 0.6) is 0 Å². The van der Waals surface area contributed by atoms with Gasteiger partial charge in [-0.05, 0) is 24.3 Å². The molecule has 0 bridgehead atoms. The molecule has 0 aliphatic carbocycles. The smallest absolute Gasteiger partial charge is 0.264 e. The molecule has 114 valence electrons. The molecule has 0 aliphatic rings. The minimum absolute atomic E-state index is 0.0117. The molecular weight excluding hydrogens is 314 g/mol. The number of anilines is 1. The number of hydrogen-bond donors (Lipinski definition) is 2. The summed E-state index contributed by atoms with van der Waals surface area (Å²) in [6.45, 7) is -0.592. The van der Waals surface area contributed by atoms with Crippen LogP contribution in [0.15, 0.2) is 41.3 Å². The van der Waals surface area contributed by atoms with Gasteiger partial charge >= 0.3 is 0 Å². The van der Waals surface area contributed by atoms with Gasteiger partial charge in [0.15, 0.2) is 0 Å². The van der Waals surface area contributed by atoms with Crippen molar-refractivity contribution in [1.82, 2.24) is 0 Å². The van der Waals surface area contributed by atoms with Crippen LogP contribution in [0.2, 0.25) is 0 Å². The van der Waals surface area contributed by atoms with Crippen molar-refractivity contribution < 1.29 is 22.3 Å². The molecule has 0 atom stereocenters. The first kappa shape index (κ1) is 15.9. The van der Waals surface area contributed by atoms with Crippen LogP contribution in [0.3, 0.4) is 0 Å². The molecule has 0 aromatic heterocycles. The van der Waals surface area contributed by atoms with Gasteiger partial charge < -0.3 is 5.11 Å². The lowest BCUT2D eigenvalue weighted by molar-refractivity contribution is 0.282. The minimum atomic E-state index is -4.41. The Labute approximate surface area is 125 Å². The van der Waals surface area contributed by atoms with E-state index in [2.05, 4.69) is 0 Å². The molecular formula is C14H10F2N2O3S. The highest BCUT2D eigenvalue weighted by molar-refractivity contribution is 7.92. The second-order valence-corrected chi connectivity index (χ2v) is 5.95. The summed E-state index contributed by atoms with van der Waals surface area (Å²) in [5.41, 5.74) is -0.482. The van der Waals surface area contributed by atoms with E-state index in [0.29, 0.717) is 0 Å². The van der Waals surface area contributed by atoms with E-state index in [1.165, 1.54) is 12.1 Å². The van der Waals surface area contributed by atoms with Crippen LogP contribution in [0.25, 0.3) is 0 Å². The van der Waals surface area contributed by atoms with E-state index >= 15 is 0 Å². The maximum Gasteiger partial charge on any atom is 0.264 e. The van der Waals surface area contributed by atoms with Gasteiger partial charge in [-0.3, -0.25) is 4.72 Å². The predicted octanol–water partition coefficient (Wildman–Crippen LogP) is 2.13. The first-order valence-electron chi connectivity index (χ1n) is 5.99. The van der Waals surface area contributed by atoms with Crippen molar-refractivity contribution in [3.05, 3.63) is 59.2 Å². The Balaban J connectivity index is 2.48.